The van der Waals surface area contributed by atoms with Gasteiger partial charge in [0.25, 0.3) is 5.69 Å². The van der Waals surface area contributed by atoms with Crippen LogP contribution in [0.5, 0.6) is 11.5 Å². The topological polar surface area (TPSA) is 93.9 Å². The van der Waals surface area contributed by atoms with Gasteiger partial charge in [0.2, 0.25) is 0 Å². The molecule has 0 aliphatic heterocycles. The Kier molecular flexibility index (Phi) is 6.94. The number of nitrogens with one attached hydrogen (secondary N) is 1. The maximum atomic E-state index is 11.1. The minimum absolute atomic E-state index is 0.0180. The molecule has 0 aliphatic carbocycles. The minimum atomic E-state index is -0.742. The molecule has 34 heavy (non-hydrogen) atoms. The van der Waals surface area contributed by atoms with Crippen LogP contribution >= 0.6 is 0 Å². The third-order valence-electron chi connectivity index (χ3n) is 5.85. The highest BCUT2D eigenvalue weighted by Gasteiger charge is 2.20. The van der Waals surface area contributed by atoms with E-state index in [1.807, 2.05) is 60.7 Å². The summed E-state index contributed by atoms with van der Waals surface area (Å²) in [6.07, 6.45) is -0.376. The average molecular weight is 459 g/mol. The summed E-state index contributed by atoms with van der Waals surface area (Å²) in [7, 11) is 3.15. The lowest BCUT2D eigenvalue weighted by molar-refractivity contribution is -0.384. The fourth-order valence-electron chi connectivity index (χ4n) is 4.00. The fraction of sp³-hybridized carbons (Fsp3) is 0.185. The molecule has 0 saturated carbocycles. The van der Waals surface area contributed by atoms with Gasteiger partial charge in [-0.05, 0) is 52.2 Å². The molecular formula is C27H26N2O5. The summed E-state index contributed by atoms with van der Waals surface area (Å²) in [6.45, 7) is 0. The van der Waals surface area contributed by atoms with Gasteiger partial charge in [0, 0.05) is 24.2 Å². The highest BCUT2D eigenvalue weighted by atomic mass is 16.6. The van der Waals surface area contributed by atoms with Crippen LogP contribution in [-0.4, -0.2) is 24.2 Å². The molecule has 2 atom stereocenters. The molecule has 0 aliphatic rings. The number of aliphatic hydroxyl groups excluding tert-OH is 1. The van der Waals surface area contributed by atoms with E-state index in [0.717, 1.165) is 21.9 Å². The second kappa shape index (κ2) is 10.2. The van der Waals surface area contributed by atoms with Gasteiger partial charge in [-0.25, -0.2) is 0 Å². The zero-order valence-corrected chi connectivity index (χ0v) is 19.0. The summed E-state index contributed by atoms with van der Waals surface area (Å²) < 4.78 is 10.8. The van der Waals surface area contributed by atoms with Crippen molar-refractivity contribution in [2.45, 2.75) is 18.6 Å². The maximum Gasteiger partial charge on any atom is 0.269 e. The van der Waals surface area contributed by atoms with Gasteiger partial charge in [0.15, 0.2) is 11.5 Å². The van der Waals surface area contributed by atoms with Gasteiger partial charge < -0.3 is 19.9 Å². The number of hydrogen-bond donors (Lipinski definition) is 2. The van der Waals surface area contributed by atoms with E-state index < -0.39 is 11.0 Å². The molecule has 2 N–H and O–H groups in total. The predicted molar refractivity (Wildman–Crippen MR) is 133 cm³/mol. The van der Waals surface area contributed by atoms with E-state index in [-0.39, 0.29) is 11.7 Å². The molecule has 0 fully saturated rings. The molecule has 2 unspecified atom stereocenters. The standard InChI is InChI=1S/C27H26N2O5/c1-33-26-14-9-20(16-27(26)34-2)24(28-22-10-12-23(13-11-22)29(31)32)17-25(30)21-8-7-18-5-3-4-6-19(18)15-21/h3-16,24-25,28,30H,17H2,1-2H3. The molecule has 0 bridgehead atoms. The monoisotopic (exact) mass is 458 g/mol. The molecular weight excluding hydrogens is 432 g/mol. The number of nitro groups is 1. The van der Waals surface area contributed by atoms with Crippen molar-refractivity contribution in [2.24, 2.45) is 0 Å². The fourth-order valence-corrected chi connectivity index (χ4v) is 4.00. The first-order chi connectivity index (χ1) is 16.5. The van der Waals surface area contributed by atoms with Crippen molar-refractivity contribution in [3.8, 4) is 11.5 Å². The number of methoxy groups -OCH3 is 2. The van der Waals surface area contributed by atoms with Crippen molar-refractivity contribution in [3.63, 3.8) is 0 Å². The van der Waals surface area contributed by atoms with Gasteiger partial charge in [-0.2, -0.15) is 0 Å². The summed E-state index contributed by atoms with van der Waals surface area (Å²) in [5.74, 6) is 1.19. The van der Waals surface area contributed by atoms with Crippen molar-refractivity contribution >= 4 is 22.1 Å². The van der Waals surface area contributed by atoms with Gasteiger partial charge in [-0.1, -0.05) is 42.5 Å². The second-order valence-corrected chi connectivity index (χ2v) is 7.97. The Hall–Kier alpha value is -4.10. The normalized spacial score (nSPS) is 12.7. The molecule has 0 spiro atoms. The van der Waals surface area contributed by atoms with Crippen LogP contribution in [0.3, 0.4) is 0 Å². The quantitative estimate of drug-likeness (QED) is 0.235. The molecule has 0 amide bonds. The first-order valence-electron chi connectivity index (χ1n) is 10.9. The number of anilines is 1. The number of nitrogens with zero attached hydrogens (tertiary/aromatic N) is 1. The number of hydrogen-bond acceptors (Lipinski definition) is 6. The largest absolute Gasteiger partial charge is 0.493 e. The van der Waals surface area contributed by atoms with Gasteiger partial charge in [-0.3, -0.25) is 10.1 Å². The lowest BCUT2D eigenvalue weighted by Crippen LogP contribution is -2.15. The molecule has 0 heterocycles. The smallest absolute Gasteiger partial charge is 0.269 e. The minimum Gasteiger partial charge on any atom is -0.493 e. The summed E-state index contributed by atoms with van der Waals surface area (Å²) in [6, 6.07) is 25.5. The molecule has 4 rings (SSSR count). The van der Waals surface area contributed by atoms with E-state index in [0.29, 0.717) is 23.6 Å². The van der Waals surface area contributed by atoms with E-state index in [4.69, 9.17) is 9.47 Å². The highest BCUT2D eigenvalue weighted by molar-refractivity contribution is 5.83. The van der Waals surface area contributed by atoms with Gasteiger partial charge in [-0.15, -0.1) is 0 Å². The van der Waals surface area contributed by atoms with Crippen LogP contribution in [0, 0.1) is 10.1 Å². The molecule has 174 valence electrons. The average Bonchev–Trinajstić information content (AvgIpc) is 2.87. The number of rotatable bonds is 9. The van der Waals surface area contributed by atoms with Gasteiger partial charge in [0.1, 0.15) is 0 Å². The summed E-state index contributed by atoms with van der Waals surface area (Å²) >= 11 is 0. The number of nitro benzene ring substituents is 1. The lowest BCUT2D eigenvalue weighted by Gasteiger charge is -2.24. The number of ether oxygens (including phenoxy) is 2. The van der Waals surface area contributed by atoms with E-state index in [9.17, 15) is 15.2 Å². The SMILES string of the molecule is COc1ccc(C(CC(O)c2ccc3ccccc3c2)Nc2ccc([N+](=O)[O-])cc2)cc1OC. The van der Waals surface area contributed by atoms with Crippen molar-refractivity contribution in [2.75, 3.05) is 19.5 Å². The molecule has 4 aromatic carbocycles. The molecule has 0 radical (unpaired) electrons. The zero-order valence-electron chi connectivity index (χ0n) is 19.0. The third-order valence-corrected chi connectivity index (χ3v) is 5.85. The molecule has 4 aromatic rings. The van der Waals surface area contributed by atoms with Crippen molar-refractivity contribution in [3.05, 3.63) is 106 Å². The van der Waals surface area contributed by atoms with Crippen molar-refractivity contribution < 1.29 is 19.5 Å². The van der Waals surface area contributed by atoms with Crippen LogP contribution in [0.25, 0.3) is 10.8 Å². The molecule has 0 saturated heterocycles. The van der Waals surface area contributed by atoms with Crippen molar-refractivity contribution in [1.29, 1.82) is 0 Å². The van der Waals surface area contributed by atoms with Crippen LogP contribution in [0.15, 0.2) is 84.9 Å². The Morgan fingerprint density at radius 2 is 1.53 bits per heavy atom. The Labute approximate surface area is 197 Å². The maximum absolute atomic E-state index is 11.1. The van der Waals surface area contributed by atoms with E-state index >= 15 is 0 Å². The number of fused-ring (bicyclic) bond motifs is 1. The van der Waals surface area contributed by atoms with Gasteiger partial charge >= 0.3 is 0 Å². The van der Waals surface area contributed by atoms with Crippen LogP contribution in [0.4, 0.5) is 11.4 Å². The number of non-ortho nitro benzene ring substituents is 1. The zero-order chi connectivity index (χ0) is 24.1. The van der Waals surface area contributed by atoms with E-state index in [1.165, 1.54) is 12.1 Å². The molecule has 7 nitrogen and oxygen atoms in total. The van der Waals surface area contributed by atoms with E-state index in [2.05, 4.69) is 5.32 Å². The van der Waals surface area contributed by atoms with E-state index in [1.54, 1.807) is 26.4 Å². The summed E-state index contributed by atoms with van der Waals surface area (Å²) in [5, 5.41) is 27.7. The lowest BCUT2D eigenvalue weighted by atomic mass is 9.94. The highest BCUT2D eigenvalue weighted by Crippen LogP contribution is 2.36. The first kappa shape index (κ1) is 23.1. The first-order valence-corrected chi connectivity index (χ1v) is 10.9. The van der Waals surface area contributed by atoms with Crippen LogP contribution in [-0.2, 0) is 0 Å². The molecule has 7 heteroatoms. The number of aliphatic hydroxyl groups is 1. The summed E-state index contributed by atoms with van der Waals surface area (Å²) in [4.78, 5) is 10.6. The Morgan fingerprint density at radius 1 is 0.853 bits per heavy atom. The number of benzene rings is 4. The molecule has 0 aromatic heterocycles. The Morgan fingerprint density at radius 3 is 2.21 bits per heavy atom. The van der Waals surface area contributed by atoms with Crippen LogP contribution in [0.2, 0.25) is 0 Å². The summed E-state index contributed by atoms with van der Waals surface area (Å²) in [5.41, 5.74) is 2.42. The second-order valence-electron chi connectivity index (χ2n) is 7.97. The third kappa shape index (κ3) is 5.10. The Bertz CT molecular complexity index is 1290. The van der Waals surface area contributed by atoms with Crippen LogP contribution < -0.4 is 14.8 Å². The van der Waals surface area contributed by atoms with Crippen molar-refractivity contribution in [1.82, 2.24) is 0 Å². The Balaban J connectivity index is 1.65. The predicted octanol–water partition coefficient (Wildman–Crippen LogP) is 6.04. The van der Waals surface area contributed by atoms with Gasteiger partial charge in [0.05, 0.1) is 31.3 Å². The van der Waals surface area contributed by atoms with Crippen LogP contribution in [0.1, 0.15) is 29.7 Å².